The number of rotatable bonds is 3. The molecule has 0 bridgehead atoms. The molecule has 5 aromatic rings. The molecule has 0 saturated carbocycles. The van der Waals surface area contributed by atoms with Crippen LogP contribution >= 0.6 is 0 Å². The molecule has 0 spiro atoms. The van der Waals surface area contributed by atoms with Crippen molar-refractivity contribution in [3.8, 4) is 28.5 Å². The summed E-state index contributed by atoms with van der Waals surface area (Å²) < 4.78 is 10.3. The Hall–Kier alpha value is -3.36. The van der Waals surface area contributed by atoms with E-state index >= 15 is 0 Å². The second kappa shape index (κ2) is 7.90. The van der Waals surface area contributed by atoms with Gasteiger partial charge in [-0.15, -0.1) is 0 Å². The summed E-state index contributed by atoms with van der Waals surface area (Å²) in [6.07, 6.45) is 2.08. The molecular weight excluding hydrogens is 465 g/mol. The number of furan rings is 1. The molecule has 162 valence electrons. The van der Waals surface area contributed by atoms with Crippen LogP contribution in [-0.4, -0.2) is 13.3 Å². The molecule has 0 N–H and O–H groups in total. The van der Waals surface area contributed by atoms with Crippen molar-refractivity contribution in [3.05, 3.63) is 84.1 Å². The second-order valence-electron chi connectivity index (χ2n) is 9.74. The van der Waals surface area contributed by atoms with Gasteiger partial charge in [0.15, 0.2) is 0 Å². The molecule has 0 amide bonds. The van der Waals surface area contributed by atoms with Gasteiger partial charge < -0.3 is 0 Å². The van der Waals surface area contributed by atoms with Gasteiger partial charge in [0.25, 0.3) is 0 Å². The van der Waals surface area contributed by atoms with Crippen molar-refractivity contribution in [1.82, 2.24) is 0 Å². The summed E-state index contributed by atoms with van der Waals surface area (Å²) in [4.78, 5) is 0. The van der Waals surface area contributed by atoms with Crippen LogP contribution in [0.25, 0.3) is 44.3 Å². The normalized spacial score (nSPS) is 11.8. The average Bonchev–Trinajstić information content (AvgIpc) is 3.17. The first-order valence-corrected chi connectivity index (χ1v) is 18.6. The zero-order chi connectivity index (χ0) is 23.3. The van der Waals surface area contributed by atoms with Crippen molar-refractivity contribution in [2.45, 2.75) is 24.2 Å². The van der Waals surface area contributed by atoms with Gasteiger partial charge in [-0.1, -0.05) is 0 Å². The molecule has 0 aliphatic carbocycles. The van der Waals surface area contributed by atoms with Crippen LogP contribution in [0.15, 0.2) is 77.3 Å². The number of nitrogens with zero attached hydrogens (tertiary/aromatic N) is 2. The van der Waals surface area contributed by atoms with Crippen LogP contribution in [0, 0.1) is 18.3 Å². The zero-order valence-electron chi connectivity index (χ0n) is 19.7. The van der Waals surface area contributed by atoms with Gasteiger partial charge in [0.1, 0.15) is 0 Å². The van der Waals surface area contributed by atoms with Crippen molar-refractivity contribution in [3.63, 3.8) is 0 Å². The summed E-state index contributed by atoms with van der Waals surface area (Å²) in [5.74, 6) is 7.25. The second-order valence-corrected chi connectivity index (χ2v) is 20.2. The average molecular weight is 492 g/mol. The molecule has 0 radical (unpaired) electrons. The number of hydrogen-bond acceptors (Lipinski definition) is 2. The third-order valence-electron chi connectivity index (χ3n) is 6.40. The van der Waals surface area contributed by atoms with Gasteiger partial charge in [-0.05, 0) is 0 Å². The topological polar surface area (TPSA) is 40.8 Å². The SMILES string of the molecule is Cc1ccc2c(oc3[c]([Ge]([CH3])([CH3])[CH3])c(-c4ccc(C#N)cc4)ccc32)c1-c1cccc[n+]1C. The molecule has 2 heterocycles. The maximum atomic E-state index is 9.21. The van der Waals surface area contributed by atoms with Crippen molar-refractivity contribution in [2.24, 2.45) is 7.05 Å². The molecule has 0 fully saturated rings. The quantitative estimate of drug-likeness (QED) is 0.214. The standard InChI is InChI=1S/C29H27GeN2O/c1-19-9-14-23-24-16-15-22(21-12-10-20(18-31)11-13-21)27(30(2,3)4)29(24)33-28(23)26(19)25-8-6-7-17-32(25)5/h6-17H,1-5H3/q+1. The first kappa shape index (κ1) is 21.5. The van der Waals surface area contributed by atoms with Gasteiger partial charge in [-0.3, -0.25) is 0 Å². The van der Waals surface area contributed by atoms with Crippen molar-refractivity contribution in [2.75, 3.05) is 0 Å². The molecule has 0 saturated heterocycles. The van der Waals surface area contributed by atoms with Crippen LogP contribution in [0.4, 0.5) is 0 Å². The Morgan fingerprint density at radius 2 is 1.55 bits per heavy atom. The van der Waals surface area contributed by atoms with E-state index in [1.165, 1.54) is 20.9 Å². The predicted octanol–water partition coefficient (Wildman–Crippen LogP) is 6.47. The number of aryl methyl sites for hydroxylation is 2. The summed E-state index contributed by atoms with van der Waals surface area (Å²) in [6, 6.07) is 25.3. The third kappa shape index (κ3) is 3.55. The molecule has 0 atom stereocenters. The number of benzene rings is 3. The molecule has 0 aliphatic heterocycles. The predicted molar refractivity (Wildman–Crippen MR) is 138 cm³/mol. The van der Waals surface area contributed by atoms with Gasteiger partial charge in [0, 0.05) is 0 Å². The van der Waals surface area contributed by atoms with E-state index in [2.05, 4.69) is 96.6 Å². The van der Waals surface area contributed by atoms with Crippen LogP contribution in [0.5, 0.6) is 0 Å². The van der Waals surface area contributed by atoms with Crippen molar-refractivity contribution < 1.29 is 8.98 Å². The summed E-state index contributed by atoms with van der Waals surface area (Å²) in [6.45, 7) is 2.15. The first-order valence-electron chi connectivity index (χ1n) is 11.2. The Labute approximate surface area is 197 Å². The summed E-state index contributed by atoms with van der Waals surface area (Å²) in [5.41, 5.74) is 8.51. The fourth-order valence-corrected chi connectivity index (χ4v) is 8.80. The first-order chi connectivity index (χ1) is 15.8. The molecular formula is C29H27GeN2O+. The van der Waals surface area contributed by atoms with E-state index in [1.54, 1.807) is 0 Å². The Kier molecular flexibility index (Phi) is 5.14. The fraction of sp³-hybridized carbons (Fsp3) is 0.172. The van der Waals surface area contributed by atoms with E-state index in [4.69, 9.17) is 4.42 Å². The molecule has 0 unspecified atom stereocenters. The van der Waals surface area contributed by atoms with E-state index in [-0.39, 0.29) is 0 Å². The van der Waals surface area contributed by atoms with Gasteiger partial charge in [0.2, 0.25) is 0 Å². The van der Waals surface area contributed by atoms with E-state index in [1.807, 2.05) is 18.2 Å². The van der Waals surface area contributed by atoms with E-state index < -0.39 is 13.3 Å². The number of hydrogen-bond donors (Lipinski definition) is 0. The van der Waals surface area contributed by atoms with Crippen LogP contribution in [0.3, 0.4) is 0 Å². The molecule has 5 rings (SSSR count). The number of fused-ring (bicyclic) bond motifs is 3. The Bertz CT molecular complexity index is 1560. The number of pyridine rings is 1. The Morgan fingerprint density at radius 3 is 2.21 bits per heavy atom. The van der Waals surface area contributed by atoms with Crippen LogP contribution in [0.2, 0.25) is 17.3 Å². The Morgan fingerprint density at radius 1 is 0.848 bits per heavy atom. The Balaban J connectivity index is 1.87. The molecule has 4 heteroatoms. The zero-order valence-corrected chi connectivity index (χ0v) is 21.8. The van der Waals surface area contributed by atoms with Crippen LogP contribution in [-0.2, 0) is 7.05 Å². The van der Waals surface area contributed by atoms with E-state index in [0.717, 1.165) is 33.4 Å². The van der Waals surface area contributed by atoms with Gasteiger partial charge >= 0.3 is 198 Å². The molecule has 3 nitrogen and oxygen atoms in total. The molecule has 2 aromatic heterocycles. The summed E-state index contributed by atoms with van der Waals surface area (Å²) in [5, 5.41) is 11.5. The minimum atomic E-state index is -2.38. The number of aromatic nitrogens is 1. The van der Waals surface area contributed by atoms with Gasteiger partial charge in [-0.2, -0.15) is 0 Å². The van der Waals surface area contributed by atoms with Gasteiger partial charge in [0.05, 0.1) is 0 Å². The van der Waals surface area contributed by atoms with E-state index in [9.17, 15) is 5.26 Å². The summed E-state index contributed by atoms with van der Waals surface area (Å²) >= 11 is -2.38. The van der Waals surface area contributed by atoms with Gasteiger partial charge in [-0.25, -0.2) is 0 Å². The van der Waals surface area contributed by atoms with Crippen LogP contribution < -0.4 is 8.96 Å². The van der Waals surface area contributed by atoms with Crippen molar-refractivity contribution >= 4 is 39.6 Å². The fourth-order valence-electron chi connectivity index (χ4n) is 4.81. The van der Waals surface area contributed by atoms with E-state index in [0.29, 0.717) is 5.56 Å². The van der Waals surface area contributed by atoms with Crippen molar-refractivity contribution in [1.29, 1.82) is 5.26 Å². The monoisotopic (exact) mass is 493 g/mol. The molecule has 3 aromatic carbocycles. The van der Waals surface area contributed by atoms with Crippen LogP contribution in [0.1, 0.15) is 11.1 Å². The molecule has 33 heavy (non-hydrogen) atoms. The number of nitriles is 1. The maximum absolute atomic E-state index is 9.21. The third-order valence-corrected chi connectivity index (χ3v) is 10.6. The minimum absolute atomic E-state index is 0.679. The molecule has 0 aliphatic rings. The summed E-state index contributed by atoms with van der Waals surface area (Å²) in [7, 11) is 2.08.